The zero-order valence-electron chi connectivity index (χ0n) is 11.9. The molecule has 0 aliphatic carbocycles. The number of amides is 2. The third kappa shape index (κ3) is 2.96. The van der Waals surface area contributed by atoms with Gasteiger partial charge in [0, 0.05) is 0 Å². The Bertz CT molecular complexity index is 828. The van der Waals surface area contributed by atoms with Crippen molar-refractivity contribution in [3.8, 4) is 0 Å². The molecule has 22 heavy (non-hydrogen) atoms. The van der Waals surface area contributed by atoms with Crippen LogP contribution in [0.2, 0.25) is 0 Å². The number of anilines is 1. The highest BCUT2D eigenvalue weighted by Gasteiger charge is 2.09. The molecule has 4 nitrogen and oxygen atoms in total. The van der Waals surface area contributed by atoms with E-state index in [-0.39, 0.29) is 0 Å². The molecule has 2 N–H and O–H groups in total. The van der Waals surface area contributed by atoms with Gasteiger partial charge in [0.05, 0.1) is 11.9 Å². The highest BCUT2D eigenvalue weighted by molar-refractivity contribution is 5.94. The number of para-hydroxylation sites is 1. The number of hydrogen-bond donors (Lipinski definition) is 1. The molecule has 3 aromatic rings. The summed E-state index contributed by atoms with van der Waals surface area (Å²) in [6, 6.07) is 22.5. The van der Waals surface area contributed by atoms with E-state index in [2.05, 4.69) is 11.2 Å². The average Bonchev–Trinajstić information content (AvgIpc) is 2.55. The van der Waals surface area contributed by atoms with Gasteiger partial charge in [-0.25, -0.2) is 4.79 Å². The van der Waals surface area contributed by atoms with Gasteiger partial charge in [-0.2, -0.15) is 10.1 Å². The Labute approximate surface area is 128 Å². The Morgan fingerprint density at radius 1 is 0.909 bits per heavy atom. The van der Waals surface area contributed by atoms with Gasteiger partial charge in [0.2, 0.25) is 0 Å². The molecular weight excluding hydrogens is 274 g/mol. The van der Waals surface area contributed by atoms with E-state index >= 15 is 0 Å². The predicted molar refractivity (Wildman–Crippen MR) is 90.0 cm³/mol. The Hall–Kier alpha value is -3.14. The first kappa shape index (κ1) is 13.8. The first-order valence-corrected chi connectivity index (χ1v) is 6.91. The number of nitrogens with zero attached hydrogens (tertiary/aromatic N) is 2. The van der Waals surface area contributed by atoms with Crippen LogP contribution in [0.15, 0.2) is 77.9 Å². The lowest BCUT2D eigenvalue weighted by atomic mass is 10.1. The van der Waals surface area contributed by atoms with Crippen molar-refractivity contribution >= 4 is 28.7 Å². The maximum atomic E-state index is 11.6. The third-order valence-electron chi connectivity index (χ3n) is 3.31. The van der Waals surface area contributed by atoms with Crippen LogP contribution in [0, 0.1) is 0 Å². The van der Waals surface area contributed by atoms with Crippen molar-refractivity contribution in [3.63, 3.8) is 0 Å². The molecule has 108 valence electrons. The van der Waals surface area contributed by atoms with Crippen LogP contribution in [0.25, 0.3) is 10.8 Å². The van der Waals surface area contributed by atoms with E-state index in [1.165, 1.54) is 5.01 Å². The van der Waals surface area contributed by atoms with Gasteiger partial charge in [-0.15, -0.1) is 0 Å². The normalized spacial score (nSPS) is 10.9. The minimum absolute atomic E-state index is 0.622. The molecule has 0 bridgehead atoms. The van der Waals surface area contributed by atoms with E-state index in [4.69, 9.17) is 5.73 Å². The summed E-state index contributed by atoms with van der Waals surface area (Å²) in [6.07, 6.45) is 1.63. The molecule has 0 heterocycles. The molecule has 0 saturated carbocycles. The number of benzene rings is 3. The number of carbonyl (C=O) groups is 1. The van der Waals surface area contributed by atoms with Crippen molar-refractivity contribution in [1.82, 2.24) is 0 Å². The molecule has 0 aromatic heterocycles. The second kappa shape index (κ2) is 6.10. The first-order chi connectivity index (χ1) is 10.7. The summed E-state index contributed by atoms with van der Waals surface area (Å²) < 4.78 is 0. The highest BCUT2D eigenvalue weighted by atomic mass is 16.2. The molecule has 2 amide bonds. The number of primary amides is 1. The van der Waals surface area contributed by atoms with Crippen molar-refractivity contribution < 1.29 is 4.79 Å². The molecule has 4 heteroatoms. The number of rotatable bonds is 3. The largest absolute Gasteiger partial charge is 0.350 e. The van der Waals surface area contributed by atoms with E-state index in [1.54, 1.807) is 18.3 Å². The zero-order valence-corrected chi connectivity index (χ0v) is 11.9. The highest BCUT2D eigenvalue weighted by Crippen LogP contribution is 2.16. The summed E-state index contributed by atoms with van der Waals surface area (Å²) in [4.78, 5) is 11.6. The van der Waals surface area contributed by atoms with Crippen LogP contribution in [0.3, 0.4) is 0 Å². The van der Waals surface area contributed by atoms with Crippen molar-refractivity contribution in [2.24, 2.45) is 10.8 Å². The van der Waals surface area contributed by atoms with Gasteiger partial charge in [-0.3, -0.25) is 0 Å². The molecule has 3 rings (SSSR count). The molecule has 0 radical (unpaired) electrons. The summed E-state index contributed by atoms with van der Waals surface area (Å²) in [6.45, 7) is 0. The fourth-order valence-corrected chi connectivity index (χ4v) is 2.23. The van der Waals surface area contributed by atoms with Crippen LogP contribution in [0.5, 0.6) is 0 Å². The van der Waals surface area contributed by atoms with Crippen LogP contribution in [-0.2, 0) is 0 Å². The fourth-order valence-electron chi connectivity index (χ4n) is 2.23. The smallest absolute Gasteiger partial charge is 0.340 e. The molecule has 0 aliphatic rings. The third-order valence-corrected chi connectivity index (χ3v) is 3.31. The lowest BCUT2D eigenvalue weighted by Gasteiger charge is -2.13. The van der Waals surface area contributed by atoms with Crippen molar-refractivity contribution in [1.29, 1.82) is 0 Å². The van der Waals surface area contributed by atoms with Gasteiger partial charge >= 0.3 is 6.03 Å². The molecule has 0 spiro atoms. The average molecular weight is 289 g/mol. The van der Waals surface area contributed by atoms with E-state index in [0.717, 1.165) is 16.3 Å². The van der Waals surface area contributed by atoms with Gasteiger partial charge in [0.25, 0.3) is 0 Å². The summed E-state index contributed by atoms with van der Waals surface area (Å²) in [5.74, 6) is 0. The minimum atomic E-state index is -0.622. The summed E-state index contributed by atoms with van der Waals surface area (Å²) in [5.41, 5.74) is 6.93. The van der Waals surface area contributed by atoms with E-state index in [1.807, 2.05) is 54.6 Å². The summed E-state index contributed by atoms with van der Waals surface area (Å²) in [5, 5.41) is 7.66. The molecular formula is C18H15N3O. The summed E-state index contributed by atoms with van der Waals surface area (Å²) >= 11 is 0. The quantitative estimate of drug-likeness (QED) is 0.579. The number of nitrogens with two attached hydrogens (primary N) is 1. The van der Waals surface area contributed by atoms with E-state index in [0.29, 0.717) is 5.69 Å². The number of urea groups is 1. The number of carbonyl (C=O) groups excluding carboxylic acids is 1. The Morgan fingerprint density at radius 2 is 1.59 bits per heavy atom. The van der Waals surface area contributed by atoms with Crippen LogP contribution < -0.4 is 10.7 Å². The summed E-state index contributed by atoms with van der Waals surface area (Å²) in [7, 11) is 0. The fraction of sp³-hybridized carbons (Fsp3) is 0. The number of hydrazone groups is 1. The van der Waals surface area contributed by atoms with Gasteiger partial charge in [0.15, 0.2) is 0 Å². The molecule has 0 aliphatic heterocycles. The maximum absolute atomic E-state index is 11.6. The van der Waals surface area contributed by atoms with E-state index in [9.17, 15) is 4.79 Å². The van der Waals surface area contributed by atoms with Gasteiger partial charge in [-0.1, -0.05) is 54.6 Å². The topological polar surface area (TPSA) is 58.7 Å². The Balaban J connectivity index is 1.91. The Kier molecular flexibility index (Phi) is 3.83. The maximum Gasteiger partial charge on any atom is 0.340 e. The van der Waals surface area contributed by atoms with Crippen molar-refractivity contribution in [3.05, 3.63) is 78.4 Å². The first-order valence-electron chi connectivity index (χ1n) is 6.91. The van der Waals surface area contributed by atoms with E-state index < -0.39 is 6.03 Å². The molecule has 0 saturated heterocycles. The van der Waals surface area contributed by atoms with Gasteiger partial charge in [0.1, 0.15) is 0 Å². The molecule has 0 unspecified atom stereocenters. The lowest BCUT2D eigenvalue weighted by molar-refractivity contribution is 0.254. The van der Waals surface area contributed by atoms with Crippen LogP contribution >= 0.6 is 0 Å². The van der Waals surface area contributed by atoms with Crippen molar-refractivity contribution in [2.45, 2.75) is 0 Å². The monoisotopic (exact) mass is 289 g/mol. The minimum Gasteiger partial charge on any atom is -0.350 e. The van der Waals surface area contributed by atoms with Crippen LogP contribution in [0.4, 0.5) is 10.5 Å². The predicted octanol–water partition coefficient (Wildman–Crippen LogP) is 3.76. The lowest BCUT2D eigenvalue weighted by Crippen LogP contribution is -2.31. The second-order valence-corrected chi connectivity index (χ2v) is 4.84. The standard InChI is InChI=1S/C18H15N3O/c19-18(22)21(17-8-2-1-3-9-17)20-13-14-10-11-15-6-4-5-7-16(15)12-14/h1-13H,(H2,19,22). The Morgan fingerprint density at radius 3 is 2.32 bits per heavy atom. The van der Waals surface area contributed by atoms with Gasteiger partial charge < -0.3 is 5.73 Å². The van der Waals surface area contributed by atoms with Gasteiger partial charge in [-0.05, 0) is 34.5 Å². The number of fused-ring (bicyclic) bond motifs is 1. The SMILES string of the molecule is NC(=O)N(N=Cc1ccc2ccccc2c1)c1ccccc1. The molecule has 0 atom stereocenters. The van der Waals surface area contributed by atoms with Crippen LogP contribution in [0.1, 0.15) is 5.56 Å². The number of hydrogen-bond acceptors (Lipinski definition) is 2. The van der Waals surface area contributed by atoms with Crippen molar-refractivity contribution in [2.75, 3.05) is 5.01 Å². The second-order valence-electron chi connectivity index (χ2n) is 4.84. The van der Waals surface area contributed by atoms with Crippen LogP contribution in [-0.4, -0.2) is 12.2 Å². The molecule has 0 fully saturated rings. The molecule has 3 aromatic carbocycles. The zero-order chi connectivity index (χ0) is 15.4.